The van der Waals surface area contributed by atoms with E-state index in [1.54, 1.807) is 12.1 Å². The Kier molecular flexibility index (Phi) is 8.77. The molecule has 1 atom stereocenters. The second kappa shape index (κ2) is 11.5. The lowest BCUT2D eigenvalue weighted by molar-refractivity contribution is 0.231. The maximum atomic E-state index is 14.8. The van der Waals surface area contributed by atoms with Crippen LogP contribution in [0.4, 0.5) is 17.6 Å². The van der Waals surface area contributed by atoms with E-state index in [2.05, 4.69) is 6.08 Å². The smallest absolute Gasteiger partial charge is 0.165 e. The monoisotopic (exact) mass is 448 g/mol. The van der Waals surface area contributed by atoms with Gasteiger partial charge in [0.1, 0.15) is 17.7 Å². The first-order valence-electron chi connectivity index (χ1n) is 11.6. The predicted octanol–water partition coefficient (Wildman–Crippen LogP) is 8.39. The molecular weight excluding hydrogens is 416 g/mol. The van der Waals surface area contributed by atoms with Crippen LogP contribution in [-0.2, 0) is 6.42 Å². The summed E-state index contributed by atoms with van der Waals surface area (Å²) in [7, 11) is 0. The van der Waals surface area contributed by atoms with E-state index >= 15 is 0 Å². The first kappa shape index (κ1) is 24.3. The van der Waals surface area contributed by atoms with Crippen molar-refractivity contribution in [1.82, 2.24) is 0 Å². The average Bonchev–Trinajstić information content (AvgIpc) is 2.78. The van der Waals surface area contributed by atoms with E-state index in [4.69, 9.17) is 4.74 Å². The Balaban J connectivity index is 1.58. The minimum absolute atomic E-state index is 0.0352. The Bertz CT molecular complexity index is 916. The van der Waals surface area contributed by atoms with Crippen LogP contribution in [0.3, 0.4) is 0 Å². The van der Waals surface area contributed by atoms with Crippen molar-refractivity contribution in [2.45, 2.75) is 70.9 Å². The SMILES string of the molecule is C/C=C/C1CCC(c2ccc(C(F)CCOc3ccc(CCC)c(F)c3)c(F)c2F)CC1. The third-order valence-electron chi connectivity index (χ3n) is 6.34. The zero-order valence-corrected chi connectivity index (χ0v) is 18.9. The van der Waals surface area contributed by atoms with Crippen molar-refractivity contribution in [3.63, 3.8) is 0 Å². The van der Waals surface area contributed by atoms with Crippen molar-refractivity contribution < 1.29 is 22.3 Å². The van der Waals surface area contributed by atoms with Gasteiger partial charge in [-0.1, -0.05) is 43.7 Å². The molecule has 0 N–H and O–H groups in total. The molecule has 174 valence electrons. The minimum atomic E-state index is -1.70. The molecular formula is C27H32F4O. The van der Waals surface area contributed by atoms with Gasteiger partial charge in [0.15, 0.2) is 11.6 Å². The summed E-state index contributed by atoms with van der Waals surface area (Å²) in [6.45, 7) is 3.89. The molecule has 1 nitrogen and oxygen atoms in total. The second-order valence-electron chi connectivity index (χ2n) is 8.62. The zero-order chi connectivity index (χ0) is 23.1. The number of halogens is 4. The van der Waals surface area contributed by atoms with Crippen LogP contribution in [0.25, 0.3) is 0 Å². The largest absolute Gasteiger partial charge is 0.493 e. The number of allylic oxidation sites excluding steroid dienone is 2. The van der Waals surface area contributed by atoms with Gasteiger partial charge >= 0.3 is 0 Å². The van der Waals surface area contributed by atoms with Crippen molar-refractivity contribution in [2.75, 3.05) is 6.61 Å². The number of ether oxygens (including phenoxy) is 1. The lowest BCUT2D eigenvalue weighted by Crippen LogP contribution is -2.14. The van der Waals surface area contributed by atoms with Gasteiger partial charge in [-0.15, -0.1) is 0 Å². The Labute approximate surface area is 188 Å². The normalized spacial score (nSPS) is 19.9. The number of benzene rings is 2. The lowest BCUT2D eigenvalue weighted by atomic mass is 9.78. The molecule has 2 aromatic carbocycles. The molecule has 1 fully saturated rings. The van der Waals surface area contributed by atoms with Gasteiger partial charge in [-0.3, -0.25) is 0 Å². The maximum Gasteiger partial charge on any atom is 0.165 e. The highest BCUT2D eigenvalue weighted by Crippen LogP contribution is 2.39. The van der Waals surface area contributed by atoms with Gasteiger partial charge < -0.3 is 4.74 Å². The highest BCUT2D eigenvalue weighted by atomic mass is 19.2. The number of hydrogen-bond donors (Lipinski definition) is 0. The molecule has 1 aliphatic rings. The Morgan fingerprint density at radius 1 is 1.03 bits per heavy atom. The van der Waals surface area contributed by atoms with Crippen LogP contribution in [0.15, 0.2) is 42.5 Å². The number of aryl methyl sites for hydroxylation is 1. The standard InChI is InChI=1S/C27H32F4O/c1-3-5-18-7-9-19(10-8-18)22-13-14-23(27(31)26(22)30)24(28)15-16-32-21-12-11-20(6-4-2)25(29)17-21/h3,5,11-14,17-19,24H,4,6-10,15-16H2,1-2H3/b5-3+. The van der Waals surface area contributed by atoms with Crippen molar-refractivity contribution in [3.05, 3.63) is 76.6 Å². The molecule has 1 unspecified atom stereocenters. The topological polar surface area (TPSA) is 9.23 Å². The van der Waals surface area contributed by atoms with Gasteiger partial charge in [-0.25, -0.2) is 17.6 Å². The van der Waals surface area contributed by atoms with Crippen LogP contribution in [0.2, 0.25) is 0 Å². The number of alkyl halides is 1. The Morgan fingerprint density at radius 3 is 2.44 bits per heavy atom. The summed E-state index contributed by atoms with van der Waals surface area (Å²) in [4.78, 5) is 0. The van der Waals surface area contributed by atoms with Gasteiger partial charge in [0.2, 0.25) is 0 Å². The van der Waals surface area contributed by atoms with E-state index in [0.717, 1.165) is 32.1 Å². The molecule has 0 amide bonds. The second-order valence-corrected chi connectivity index (χ2v) is 8.62. The van der Waals surface area contributed by atoms with E-state index in [1.165, 1.54) is 18.2 Å². The van der Waals surface area contributed by atoms with E-state index in [9.17, 15) is 17.6 Å². The van der Waals surface area contributed by atoms with E-state index in [0.29, 0.717) is 29.2 Å². The third kappa shape index (κ3) is 5.93. The van der Waals surface area contributed by atoms with Crippen LogP contribution < -0.4 is 4.74 Å². The van der Waals surface area contributed by atoms with E-state index in [1.807, 2.05) is 19.9 Å². The van der Waals surface area contributed by atoms with Gasteiger partial charge in [0.25, 0.3) is 0 Å². The first-order valence-corrected chi connectivity index (χ1v) is 11.6. The van der Waals surface area contributed by atoms with Crippen LogP contribution in [0, 0.1) is 23.4 Å². The van der Waals surface area contributed by atoms with Gasteiger partial charge in [0, 0.05) is 18.1 Å². The van der Waals surface area contributed by atoms with Gasteiger partial charge in [-0.05, 0) is 68.1 Å². The van der Waals surface area contributed by atoms with Gasteiger partial charge in [0.05, 0.1) is 6.61 Å². The number of hydrogen-bond acceptors (Lipinski definition) is 1. The van der Waals surface area contributed by atoms with Crippen LogP contribution in [0.1, 0.15) is 81.2 Å². The molecule has 32 heavy (non-hydrogen) atoms. The minimum Gasteiger partial charge on any atom is -0.493 e. The van der Waals surface area contributed by atoms with Crippen LogP contribution >= 0.6 is 0 Å². The highest BCUT2D eigenvalue weighted by Gasteiger charge is 2.27. The Morgan fingerprint density at radius 2 is 1.78 bits per heavy atom. The zero-order valence-electron chi connectivity index (χ0n) is 18.9. The summed E-state index contributed by atoms with van der Waals surface area (Å²) in [5.74, 6) is -1.65. The quantitative estimate of drug-likeness (QED) is 0.276. The van der Waals surface area contributed by atoms with E-state index in [-0.39, 0.29) is 30.3 Å². The van der Waals surface area contributed by atoms with Gasteiger partial charge in [-0.2, -0.15) is 0 Å². The Hall–Kier alpha value is -2.30. The molecule has 0 heterocycles. The fraction of sp³-hybridized carbons (Fsp3) is 0.481. The fourth-order valence-corrected chi connectivity index (χ4v) is 4.56. The molecule has 1 saturated carbocycles. The fourth-order valence-electron chi connectivity index (χ4n) is 4.56. The van der Waals surface area contributed by atoms with Crippen molar-refractivity contribution in [3.8, 4) is 5.75 Å². The molecule has 0 aromatic heterocycles. The molecule has 0 radical (unpaired) electrons. The molecule has 5 heteroatoms. The van der Waals surface area contributed by atoms with Crippen molar-refractivity contribution in [1.29, 1.82) is 0 Å². The molecule has 3 rings (SSSR count). The lowest BCUT2D eigenvalue weighted by Gasteiger charge is -2.27. The summed E-state index contributed by atoms with van der Waals surface area (Å²) in [5.41, 5.74) is 0.661. The van der Waals surface area contributed by atoms with Crippen LogP contribution in [0.5, 0.6) is 5.75 Å². The third-order valence-corrected chi connectivity index (χ3v) is 6.34. The summed E-state index contributed by atoms with van der Waals surface area (Å²) in [6, 6.07) is 7.46. The molecule has 0 saturated heterocycles. The molecule has 0 spiro atoms. The van der Waals surface area contributed by atoms with Crippen LogP contribution in [-0.4, -0.2) is 6.61 Å². The van der Waals surface area contributed by atoms with E-state index < -0.39 is 17.8 Å². The summed E-state index contributed by atoms with van der Waals surface area (Å²) >= 11 is 0. The maximum absolute atomic E-state index is 14.8. The average molecular weight is 449 g/mol. The summed E-state index contributed by atoms with van der Waals surface area (Å²) < 4.78 is 63.5. The molecule has 0 bridgehead atoms. The summed E-state index contributed by atoms with van der Waals surface area (Å²) in [5, 5.41) is 0. The molecule has 1 aliphatic carbocycles. The molecule has 2 aromatic rings. The summed E-state index contributed by atoms with van der Waals surface area (Å²) in [6.07, 6.45) is 7.30. The first-order chi connectivity index (χ1) is 15.4. The number of rotatable bonds is 9. The predicted molar refractivity (Wildman–Crippen MR) is 120 cm³/mol. The molecule has 0 aliphatic heterocycles. The van der Waals surface area contributed by atoms with Crippen molar-refractivity contribution in [2.24, 2.45) is 5.92 Å². The van der Waals surface area contributed by atoms with Crippen molar-refractivity contribution >= 4 is 0 Å². The highest BCUT2D eigenvalue weighted by molar-refractivity contribution is 5.31.